The fourth-order valence-corrected chi connectivity index (χ4v) is 2.91. The van der Waals surface area contributed by atoms with E-state index in [1.165, 1.54) is 12.1 Å². The van der Waals surface area contributed by atoms with E-state index in [9.17, 15) is 9.18 Å². The van der Waals surface area contributed by atoms with Gasteiger partial charge in [-0.25, -0.2) is 4.39 Å². The Bertz CT molecular complexity index is 402. The number of amides is 1. The van der Waals surface area contributed by atoms with E-state index in [0.717, 1.165) is 43.9 Å². The highest BCUT2D eigenvalue weighted by Crippen LogP contribution is 2.13. The molecule has 2 rings (SSSR count). The predicted octanol–water partition coefficient (Wildman–Crippen LogP) is 1.88. The minimum absolute atomic E-state index is 0.204. The molecule has 1 fully saturated rings. The van der Waals surface area contributed by atoms with Crippen molar-refractivity contribution >= 4 is 17.7 Å². The largest absolute Gasteiger partial charge is 0.341 e. The van der Waals surface area contributed by atoms with E-state index in [4.69, 9.17) is 0 Å². The summed E-state index contributed by atoms with van der Waals surface area (Å²) < 4.78 is 12.7. The van der Waals surface area contributed by atoms with Gasteiger partial charge in [-0.15, -0.1) is 11.8 Å². The molecule has 1 aliphatic heterocycles. The van der Waals surface area contributed by atoms with Gasteiger partial charge in [0.2, 0.25) is 5.91 Å². The van der Waals surface area contributed by atoms with Gasteiger partial charge in [-0.05, 0) is 30.7 Å². The van der Waals surface area contributed by atoms with Gasteiger partial charge in [0, 0.05) is 25.4 Å². The number of carbonyl (C=O) groups is 1. The van der Waals surface area contributed by atoms with Crippen molar-refractivity contribution in [2.24, 2.45) is 0 Å². The molecule has 1 N–H and O–H groups in total. The highest BCUT2D eigenvalue weighted by Gasteiger charge is 2.14. The molecular formula is C14H19FN2OS. The number of hydrogen-bond acceptors (Lipinski definition) is 3. The van der Waals surface area contributed by atoms with Crippen molar-refractivity contribution in [2.45, 2.75) is 12.2 Å². The van der Waals surface area contributed by atoms with E-state index in [2.05, 4.69) is 5.32 Å². The van der Waals surface area contributed by atoms with Gasteiger partial charge in [-0.1, -0.05) is 12.1 Å². The first-order chi connectivity index (χ1) is 9.25. The summed E-state index contributed by atoms with van der Waals surface area (Å²) in [7, 11) is 0. The lowest BCUT2D eigenvalue weighted by Gasteiger charge is -2.19. The Labute approximate surface area is 117 Å². The average Bonchev–Trinajstić information content (AvgIpc) is 2.70. The molecular weight excluding hydrogens is 263 g/mol. The number of benzene rings is 1. The van der Waals surface area contributed by atoms with Crippen molar-refractivity contribution in [3.05, 3.63) is 35.6 Å². The molecule has 1 saturated heterocycles. The van der Waals surface area contributed by atoms with Crippen LogP contribution in [0.15, 0.2) is 24.3 Å². The van der Waals surface area contributed by atoms with Gasteiger partial charge >= 0.3 is 0 Å². The number of rotatable bonds is 4. The third-order valence-corrected chi connectivity index (χ3v) is 4.09. The normalized spacial score (nSPS) is 16.2. The molecule has 5 heteroatoms. The Hall–Kier alpha value is -1.07. The maximum absolute atomic E-state index is 12.7. The van der Waals surface area contributed by atoms with Crippen LogP contribution in [0.25, 0.3) is 0 Å². The average molecular weight is 282 g/mol. The van der Waals surface area contributed by atoms with E-state index < -0.39 is 0 Å². The highest BCUT2D eigenvalue weighted by atomic mass is 32.2. The molecule has 104 valence electrons. The van der Waals surface area contributed by atoms with E-state index in [0.29, 0.717) is 5.75 Å². The van der Waals surface area contributed by atoms with Crippen LogP contribution in [-0.2, 0) is 10.5 Å². The van der Waals surface area contributed by atoms with Gasteiger partial charge in [0.25, 0.3) is 0 Å². The van der Waals surface area contributed by atoms with Crippen molar-refractivity contribution in [3.63, 3.8) is 0 Å². The molecule has 19 heavy (non-hydrogen) atoms. The zero-order valence-electron chi connectivity index (χ0n) is 10.9. The monoisotopic (exact) mass is 282 g/mol. The molecule has 1 amide bonds. The van der Waals surface area contributed by atoms with Crippen molar-refractivity contribution in [2.75, 3.05) is 31.9 Å². The molecule has 1 aromatic rings. The minimum Gasteiger partial charge on any atom is -0.341 e. The van der Waals surface area contributed by atoms with Crippen molar-refractivity contribution in [1.82, 2.24) is 10.2 Å². The second kappa shape index (κ2) is 7.50. The Kier molecular flexibility index (Phi) is 5.66. The number of thioether (sulfide) groups is 1. The Morgan fingerprint density at radius 2 is 2.05 bits per heavy atom. The SMILES string of the molecule is O=C(CSCc1ccc(F)cc1)N1CCCNCC1. The van der Waals surface area contributed by atoms with E-state index in [1.54, 1.807) is 23.9 Å². The number of carbonyl (C=O) groups excluding carboxylic acids is 1. The fourth-order valence-electron chi connectivity index (χ4n) is 2.02. The van der Waals surface area contributed by atoms with Crippen LogP contribution in [0.5, 0.6) is 0 Å². The van der Waals surface area contributed by atoms with E-state index >= 15 is 0 Å². The quantitative estimate of drug-likeness (QED) is 0.915. The van der Waals surface area contributed by atoms with Gasteiger partial charge in [0.15, 0.2) is 0 Å². The first kappa shape index (κ1) is 14.3. The van der Waals surface area contributed by atoms with Crippen LogP contribution in [0.4, 0.5) is 4.39 Å². The molecule has 0 atom stereocenters. The smallest absolute Gasteiger partial charge is 0.232 e. The lowest BCUT2D eigenvalue weighted by molar-refractivity contribution is -0.128. The van der Waals surface area contributed by atoms with Crippen LogP contribution in [0, 0.1) is 5.82 Å². The molecule has 0 bridgehead atoms. The maximum atomic E-state index is 12.7. The molecule has 0 spiro atoms. The topological polar surface area (TPSA) is 32.3 Å². The number of hydrogen-bond donors (Lipinski definition) is 1. The van der Waals surface area contributed by atoms with Gasteiger partial charge < -0.3 is 10.2 Å². The van der Waals surface area contributed by atoms with Crippen LogP contribution in [0.3, 0.4) is 0 Å². The van der Waals surface area contributed by atoms with Crippen LogP contribution in [0.1, 0.15) is 12.0 Å². The first-order valence-electron chi connectivity index (χ1n) is 6.56. The summed E-state index contributed by atoms with van der Waals surface area (Å²) in [6.45, 7) is 3.53. The molecule has 1 aliphatic rings. The van der Waals surface area contributed by atoms with E-state index in [1.807, 2.05) is 4.90 Å². The Morgan fingerprint density at radius 3 is 2.84 bits per heavy atom. The van der Waals surface area contributed by atoms with Gasteiger partial charge in [0.05, 0.1) is 5.75 Å². The zero-order valence-corrected chi connectivity index (χ0v) is 11.7. The lowest BCUT2D eigenvalue weighted by Crippen LogP contribution is -2.35. The molecule has 0 radical (unpaired) electrons. The van der Waals surface area contributed by atoms with Crippen molar-refractivity contribution in [3.8, 4) is 0 Å². The standard InChI is InChI=1S/C14H19FN2OS/c15-13-4-2-12(3-5-13)10-19-11-14(18)17-8-1-6-16-7-9-17/h2-5,16H,1,6-11H2. The molecule has 0 unspecified atom stereocenters. The number of halogens is 1. The second-order valence-corrected chi connectivity index (χ2v) is 5.59. The van der Waals surface area contributed by atoms with Crippen LogP contribution in [-0.4, -0.2) is 42.7 Å². The number of nitrogens with one attached hydrogen (secondary N) is 1. The predicted molar refractivity (Wildman–Crippen MR) is 76.6 cm³/mol. The second-order valence-electron chi connectivity index (χ2n) is 4.60. The highest BCUT2D eigenvalue weighted by molar-refractivity contribution is 7.99. The summed E-state index contributed by atoms with van der Waals surface area (Å²) in [4.78, 5) is 13.9. The summed E-state index contributed by atoms with van der Waals surface area (Å²) >= 11 is 1.59. The van der Waals surface area contributed by atoms with Crippen molar-refractivity contribution in [1.29, 1.82) is 0 Å². The van der Waals surface area contributed by atoms with Crippen LogP contribution < -0.4 is 5.32 Å². The van der Waals surface area contributed by atoms with Gasteiger partial charge in [-0.2, -0.15) is 0 Å². The van der Waals surface area contributed by atoms with Gasteiger partial charge in [-0.3, -0.25) is 4.79 Å². The maximum Gasteiger partial charge on any atom is 0.232 e. The molecule has 1 heterocycles. The van der Waals surface area contributed by atoms with E-state index in [-0.39, 0.29) is 11.7 Å². The summed E-state index contributed by atoms with van der Waals surface area (Å²) in [5.41, 5.74) is 1.05. The molecule has 1 aromatic carbocycles. The van der Waals surface area contributed by atoms with Crippen LogP contribution >= 0.6 is 11.8 Å². The summed E-state index contributed by atoms with van der Waals surface area (Å²) in [5.74, 6) is 1.23. The lowest BCUT2D eigenvalue weighted by atomic mass is 10.2. The first-order valence-corrected chi connectivity index (χ1v) is 7.72. The van der Waals surface area contributed by atoms with Crippen molar-refractivity contribution < 1.29 is 9.18 Å². The molecule has 0 aromatic heterocycles. The van der Waals surface area contributed by atoms with Gasteiger partial charge in [0.1, 0.15) is 5.82 Å². The summed E-state index contributed by atoms with van der Waals surface area (Å²) in [6, 6.07) is 6.45. The molecule has 0 aliphatic carbocycles. The molecule has 0 saturated carbocycles. The molecule has 3 nitrogen and oxygen atoms in total. The van der Waals surface area contributed by atoms with Crippen LogP contribution in [0.2, 0.25) is 0 Å². The zero-order chi connectivity index (χ0) is 13.5. The summed E-state index contributed by atoms with van der Waals surface area (Å²) in [6.07, 6.45) is 1.02. The Morgan fingerprint density at radius 1 is 1.26 bits per heavy atom. The Balaban J connectivity index is 1.72. The number of nitrogens with zero attached hydrogens (tertiary/aromatic N) is 1. The summed E-state index contributed by atoms with van der Waals surface area (Å²) in [5, 5.41) is 3.28. The third-order valence-electron chi connectivity index (χ3n) is 3.10. The minimum atomic E-state index is -0.220. The third kappa shape index (κ3) is 4.84. The fraction of sp³-hybridized carbons (Fsp3) is 0.500.